The molecule has 2 heterocycles. The van der Waals surface area contributed by atoms with Gasteiger partial charge in [0.15, 0.2) is 0 Å². The summed E-state index contributed by atoms with van der Waals surface area (Å²) in [6.07, 6.45) is 8.99. The number of likely N-dealkylation sites (tertiary alicyclic amines) is 1. The molecule has 9 heteroatoms. The maximum Gasteiger partial charge on any atom is 0.245 e. The van der Waals surface area contributed by atoms with Crippen molar-refractivity contribution in [3.05, 3.63) is 24.0 Å². The number of hydrogen-bond acceptors (Lipinski definition) is 5. The molecule has 9 nitrogen and oxygen atoms in total. The zero-order valence-electron chi connectivity index (χ0n) is 21.5. The molecule has 1 aromatic rings. The van der Waals surface area contributed by atoms with Crippen molar-refractivity contribution in [2.24, 2.45) is 17.3 Å². The molecule has 0 aromatic carbocycles. The summed E-state index contributed by atoms with van der Waals surface area (Å²) in [7, 11) is 0. The van der Waals surface area contributed by atoms with E-state index in [1.165, 1.54) is 0 Å². The van der Waals surface area contributed by atoms with Gasteiger partial charge in [0.05, 0.1) is 12.5 Å². The number of aromatic amines is 1. The molecule has 1 aliphatic carbocycles. The van der Waals surface area contributed by atoms with E-state index in [9.17, 15) is 19.6 Å². The van der Waals surface area contributed by atoms with Crippen LogP contribution in [0.4, 0.5) is 0 Å². The van der Waals surface area contributed by atoms with Crippen LogP contribution in [0, 0.1) is 17.3 Å². The lowest BCUT2D eigenvalue weighted by molar-refractivity contribution is -0.156. The van der Waals surface area contributed by atoms with Crippen molar-refractivity contribution in [2.45, 2.75) is 84.3 Å². The SMILES string of the molecule is CC(C)(C)[C@@H](NC(=O)[C@@H](CC1CCCC1)CN(O)C=O)C(=O)N1CCC(NCc2ccc[nH]2)CC1. The van der Waals surface area contributed by atoms with Crippen LogP contribution >= 0.6 is 0 Å². The first-order valence-electron chi connectivity index (χ1n) is 13.0. The summed E-state index contributed by atoms with van der Waals surface area (Å²) in [5.41, 5.74) is 0.666. The summed E-state index contributed by atoms with van der Waals surface area (Å²) < 4.78 is 0. The monoisotopic (exact) mass is 489 g/mol. The fraction of sp³-hybridized carbons (Fsp3) is 0.731. The summed E-state index contributed by atoms with van der Waals surface area (Å²) >= 11 is 0. The number of aromatic nitrogens is 1. The van der Waals surface area contributed by atoms with Gasteiger partial charge in [-0.3, -0.25) is 19.6 Å². The second-order valence-corrected chi connectivity index (χ2v) is 11.3. The van der Waals surface area contributed by atoms with Crippen molar-refractivity contribution in [1.82, 2.24) is 25.6 Å². The predicted octanol–water partition coefficient (Wildman–Crippen LogP) is 2.67. The summed E-state index contributed by atoms with van der Waals surface area (Å²) in [5, 5.41) is 16.9. The molecule has 1 aromatic heterocycles. The van der Waals surface area contributed by atoms with Crippen molar-refractivity contribution >= 4 is 18.2 Å². The van der Waals surface area contributed by atoms with E-state index in [4.69, 9.17) is 0 Å². The minimum Gasteiger partial charge on any atom is -0.364 e. The van der Waals surface area contributed by atoms with Crippen LogP contribution in [0.25, 0.3) is 0 Å². The normalized spacial score (nSPS) is 19.4. The van der Waals surface area contributed by atoms with E-state index >= 15 is 0 Å². The van der Waals surface area contributed by atoms with Crippen LogP contribution < -0.4 is 10.6 Å². The number of hydroxylamine groups is 2. The van der Waals surface area contributed by atoms with Crippen LogP contribution in [0.3, 0.4) is 0 Å². The molecule has 0 spiro atoms. The van der Waals surface area contributed by atoms with Crippen LogP contribution in [0.1, 0.15) is 71.4 Å². The van der Waals surface area contributed by atoms with Crippen molar-refractivity contribution in [2.75, 3.05) is 19.6 Å². The average molecular weight is 490 g/mol. The quantitative estimate of drug-likeness (QED) is 0.217. The topological polar surface area (TPSA) is 118 Å². The largest absolute Gasteiger partial charge is 0.364 e. The van der Waals surface area contributed by atoms with Gasteiger partial charge in [-0.15, -0.1) is 0 Å². The summed E-state index contributed by atoms with van der Waals surface area (Å²) in [4.78, 5) is 42.9. The van der Waals surface area contributed by atoms with Gasteiger partial charge in [0.1, 0.15) is 6.04 Å². The standard InChI is InChI=1S/C26H43N5O4/c1-26(2,3)23(29-24(33)20(17-31(35)18-32)15-19-7-4-5-8-19)25(34)30-13-10-21(11-14-30)28-16-22-9-6-12-27-22/h6,9,12,18-21,23,27-28,35H,4-5,7-8,10-11,13-17H2,1-3H3,(H,29,33)/t20-,23-/m0/s1. The Morgan fingerprint density at radius 1 is 1.23 bits per heavy atom. The number of carbonyl (C=O) groups is 3. The number of piperidine rings is 1. The van der Waals surface area contributed by atoms with Crippen molar-refractivity contribution < 1.29 is 19.6 Å². The van der Waals surface area contributed by atoms with Crippen molar-refractivity contribution in [3.63, 3.8) is 0 Å². The van der Waals surface area contributed by atoms with E-state index in [0.29, 0.717) is 42.9 Å². The van der Waals surface area contributed by atoms with Gasteiger partial charge in [-0.1, -0.05) is 46.5 Å². The predicted molar refractivity (Wildman–Crippen MR) is 133 cm³/mol. The molecule has 4 N–H and O–H groups in total. The number of rotatable bonds is 11. The maximum atomic E-state index is 13.5. The van der Waals surface area contributed by atoms with Gasteiger partial charge in [-0.05, 0) is 42.7 Å². The Labute approximate surface area is 209 Å². The summed E-state index contributed by atoms with van der Waals surface area (Å²) in [6, 6.07) is 3.70. The van der Waals surface area contributed by atoms with E-state index in [1.54, 1.807) is 0 Å². The van der Waals surface area contributed by atoms with E-state index in [2.05, 4.69) is 15.6 Å². The van der Waals surface area contributed by atoms with E-state index in [0.717, 1.165) is 50.8 Å². The number of nitrogens with zero attached hydrogens (tertiary/aromatic N) is 2. The summed E-state index contributed by atoms with van der Waals surface area (Å²) in [5.74, 6) is -0.473. The maximum absolute atomic E-state index is 13.5. The highest BCUT2D eigenvalue weighted by Crippen LogP contribution is 2.31. The molecule has 2 atom stereocenters. The molecular formula is C26H43N5O4. The number of hydrogen-bond donors (Lipinski definition) is 4. The second-order valence-electron chi connectivity index (χ2n) is 11.3. The molecule has 1 saturated carbocycles. The second kappa shape index (κ2) is 12.5. The molecule has 1 aliphatic heterocycles. The Morgan fingerprint density at radius 3 is 2.49 bits per heavy atom. The molecule has 2 aliphatic rings. The van der Waals surface area contributed by atoms with Crippen LogP contribution in [0.5, 0.6) is 0 Å². The molecular weight excluding hydrogens is 446 g/mol. The number of nitrogens with one attached hydrogen (secondary N) is 3. The molecule has 3 rings (SSSR count). The first kappa shape index (κ1) is 27.2. The zero-order valence-corrected chi connectivity index (χ0v) is 21.5. The fourth-order valence-electron chi connectivity index (χ4n) is 5.31. The van der Waals surface area contributed by atoms with Crippen molar-refractivity contribution in [1.29, 1.82) is 0 Å². The molecule has 0 radical (unpaired) electrons. The molecule has 0 unspecified atom stereocenters. The van der Waals surface area contributed by atoms with Gasteiger partial charge in [0.2, 0.25) is 18.2 Å². The minimum atomic E-state index is -0.673. The fourth-order valence-corrected chi connectivity index (χ4v) is 5.31. The Balaban J connectivity index is 1.59. The Morgan fingerprint density at radius 2 is 1.91 bits per heavy atom. The van der Waals surface area contributed by atoms with E-state index in [1.807, 2.05) is 44.0 Å². The lowest BCUT2D eigenvalue weighted by Gasteiger charge is -2.39. The third-order valence-electron chi connectivity index (χ3n) is 7.44. The van der Waals surface area contributed by atoms with Crippen molar-refractivity contribution in [3.8, 4) is 0 Å². The van der Waals surface area contributed by atoms with Crippen LogP contribution in [-0.4, -0.2) is 70.1 Å². The number of H-pyrrole nitrogens is 1. The lowest BCUT2D eigenvalue weighted by atomic mass is 9.84. The van der Waals surface area contributed by atoms with Gasteiger partial charge in [0, 0.05) is 37.6 Å². The van der Waals surface area contributed by atoms with Gasteiger partial charge >= 0.3 is 0 Å². The Bertz CT molecular complexity index is 808. The Hall–Kier alpha value is -2.39. The zero-order chi connectivity index (χ0) is 25.4. The molecule has 2 fully saturated rings. The number of carbonyl (C=O) groups excluding carboxylic acids is 3. The minimum absolute atomic E-state index is 0.0608. The lowest BCUT2D eigenvalue weighted by Crippen LogP contribution is -2.58. The highest BCUT2D eigenvalue weighted by atomic mass is 16.5. The Kier molecular flexibility index (Phi) is 9.74. The van der Waals surface area contributed by atoms with Gasteiger partial charge in [-0.25, -0.2) is 5.06 Å². The first-order chi connectivity index (χ1) is 16.7. The van der Waals surface area contributed by atoms with Crippen LogP contribution in [0.15, 0.2) is 18.3 Å². The van der Waals surface area contributed by atoms with E-state index < -0.39 is 17.4 Å². The highest BCUT2D eigenvalue weighted by molar-refractivity contribution is 5.89. The molecule has 3 amide bonds. The first-order valence-corrected chi connectivity index (χ1v) is 13.0. The van der Waals surface area contributed by atoms with Gasteiger partial charge < -0.3 is 20.5 Å². The highest BCUT2D eigenvalue weighted by Gasteiger charge is 2.38. The third-order valence-corrected chi connectivity index (χ3v) is 7.44. The van der Waals surface area contributed by atoms with E-state index in [-0.39, 0.29) is 18.4 Å². The third kappa shape index (κ3) is 8.07. The molecule has 1 saturated heterocycles. The summed E-state index contributed by atoms with van der Waals surface area (Å²) in [6.45, 7) is 7.87. The van der Waals surface area contributed by atoms with Gasteiger partial charge in [0.25, 0.3) is 0 Å². The number of amides is 3. The van der Waals surface area contributed by atoms with Crippen LogP contribution in [0.2, 0.25) is 0 Å². The average Bonchev–Trinajstić information content (AvgIpc) is 3.54. The molecule has 196 valence electrons. The molecule has 0 bridgehead atoms. The van der Waals surface area contributed by atoms with Gasteiger partial charge in [-0.2, -0.15) is 0 Å². The van der Waals surface area contributed by atoms with Crippen LogP contribution in [-0.2, 0) is 20.9 Å². The smallest absolute Gasteiger partial charge is 0.245 e. The molecule has 35 heavy (non-hydrogen) atoms.